The van der Waals surface area contributed by atoms with Gasteiger partial charge in [0.1, 0.15) is 0 Å². The summed E-state index contributed by atoms with van der Waals surface area (Å²) in [7, 11) is 0. The average Bonchev–Trinajstić information content (AvgIpc) is 2.35. The third-order valence-electron chi connectivity index (χ3n) is 3.88. The Hall–Kier alpha value is -1.10. The standard InChI is InChI=1S/C15H29N3O2/c1-6-12-7-9-18(10-8-12)11(2)13(19)16-14(20)17-15(3,4)5/h11-12H,6-10H2,1-5H3,(H2,16,17,19,20). The number of likely N-dealkylation sites (tertiary alicyclic amines) is 1. The summed E-state index contributed by atoms with van der Waals surface area (Å²) in [5.74, 6) is 0.562. The highest BCUT2D eigenvalue weighted by atomic mass is 16.2. The van der Waals surface area contributed by atoms with Crippen molar-refractivity contribution in [1.82, 2.24) is 15.5 Å². The Morgan fingerprint density at radius 2 is 1.80 bits per heavy atom. The molecule has 1 fully saturated rings. The Balaban J connectivity index is 2.41. The number of rotatable bonds is 3. The van der Waals surface area contributed by atoms with Crippen molar-refractivity contribution in [2.75, 3.05) is 13.1 Å². The lowest BCUT2D eigenvalue weighted by Gasteiger charge is -2.35. The summed E-state index contributed by atoms with van der Waals surface area (Å²) in [6, 6.07) is -0.670. The number of nitrogens with one attached hydrogen (secondary N) is 2. The van der Waals surface area contributed by atoms with Crippen LogP contribution in [0.25, 0.3) is 0 Å². The van der Waals surface area contributed by atoms with Crippen LogP contribution in [0, 0.1) is 5.92 Å². The number of piperidine rings is 1. The zero-order valence-electron chi connectivity index (χ0n) is 13.5. The van der Waals surface area contributed by atoms with E-state index in [1.807, 2.05) is 27.7 Å². The first-order valence-electron chi connectivity index (χ1n) is 7.60. The fourth-order valence-corrected chi connectivity index (χ4v) is 2.50. The third kappa shape index (κ3) is 5.49. The molecule has 1 aliphatic heterocycles. The zero-order valence-corrected chi connectivity index (χ0v) is 13.5. The zero-order chi connectivity index (χ0) is 15.3. The lowest BCUT2D eigenvalue weighted by molar-refractivity contribution is -0.125. The first kappa shape index (κ1) is 17.0. The maximum Gasteiger partial charge on any atom is 0.321 e. The molecule has 1 aliphatic rings. The van der Waals surface area contributed by atoms with Crippen LogP contribution < -0.4 is 10.6 Å². The molecule has 5 nitrogen and oxygen atoms in total. The normalized spacial score (nSPS) is 19.4. The molecule has 0 aromatic heterocycles. The number of imide groups is 1. The summed E-state index contributed by atoms with van der Waals surface area (Å²) in [6.45, 7) is 11.6. The van der Waals surface area contributed by atoms with E-state index in [-0.39, 0.29) is 17.5 Å². The van der Waals surface area contributed by atoms with Crippen molar-refractivity contribution < 1.29 is 9.59 Å². The van der Waals surface area contributed by atoms with Crippen LogP contribution in [0.3, 0.4) is 0 Å². The first-order valence-corrected chi connectivity index (χ1v) is 7.60. The minimum atomic E-state index is -0.419. The van der Waals surface area contributed by atoms with E-state index < -0.39 is 6.03 Å². The van der Waals surface area contributed by atoms with Crippen molar-refractivity contribution in [2.45, 2.75) is 65.5 Å². The van der Waals surface area contributed by atoms with Crippen LogP contribution in [-0.4, -0.2) is 41.5 Å². The molecule has 1 saturated heterocycles. The highest BCUT2D eigenvalue weighted by Gasteiger charge is 2.27. The molecule has 0 aromatic carbocycles. The smallest absolute Gasteiger partial charge is 0.321 e. The topological polar surface area (TPSA) is 61.4 Å². The van der Waals surface area contributed by atoms with Crippen LogP contribution in [0.2, 0.25) is 0 Å². The van der Waals surface area contributed by atoms with Crippen LogP contribution in [0.4, 0.5) is 4.79 Å². The van der Waals surface area contributed by atoms with Crippen LogP contribution in [-0.2, 0) is 4.79 Å². The fourth-order valence-electron chi connectivity index (χ4n) is 2.50. The van der Waals surface area contributed by atoms with Gasteiger partial charge in [0.25, 0.3) is 0 Å². The SMILES string of the molecule is CCC1CCN(C(C)C(=O)NC(=O)NC(C)(C)C)CC1. The summed E-state index contributed by atoms with van der Waals surface area (Å²) in [5.41, 5.74) is -0.340. The van der Waals surface area contributed by atoms with Gasteiger partial charge in [-0.05, 0) is 59.5 Å². The van der Waals surface area contributed by atoms with Gasteiger partial charge in [0, 0.05) is 5.54 Å². The molecule has 1 heterocycles. The predicted molar refractivity (Wildman–Crippen MR) is 80.5 cm³/mol. The highest BCUT2D eigenvalue weighted by Crippen LogP contribution is 2.21. The molecule has 0 radical (unpaired) electrons. The molecule has 0 bridgehead atoms. The summed E-state index contributed by atoms with van der Waals surface area (Å²) in [6.07, 6.45) is 3.49. The minimum Gasteiger partial charge on any atom is -0.333 e. The Morgan fingerprint density at radius 1 is 1.25 bits per heavy atom. The minimum absolute atomic E-state index is 0.221. The summed E-state index contributed by atoms with van der Waals surface area (Å²) in [5, 5.41) is 5.16. The Labute approximate surface area is 122 Å². The number of carbonyl (C=O) groups excluding carboxylic acids is 2. The van der Waals surface area contributed by atoms with Gasteiger partial charge >= 0.3 is 6.03 Å². The van der Waals surface area contributed by atoms with Gasteiger partial charge in [0.2, 0.25) is 5.91 Å². The average molecular weight is 283 g/mol. The monoisotopic (exact) mass is 283 g/mol. The van der Waals surface area contributed by atoms with Crippen LogP contribution in [0.5, 0.6) is 0 Å². The van der Waals surface area contributed by atoms with Crippen molar-refractivity contribution in [2.24, 2.45) is 5.92 Å². The number of nitrogens with zero attached hydrogens (tertiary/aromatic N) is 1. The molecule has 0 spiro atoms. The van der Waals surface area contributed by atoms with Gasteiger partial charge in [-0.1, -0.05) is 13.3 Å². The van der Waals surface area contributed by atoms with Gasteiger partial charge in [-0.2, -0.15) is 0 Å². The predicted octanol–water partition coefficient (Wildman–Crippen LogP) is 2.12. The number of carbonyl (C=O) groups is 2. The van der Waals surface area contributed by atoms with E-state index in [1.165, 1.54) is 6.42 Å². The van der Waals surface area contributed by atoms with Gasteiger partial charge in [0.05, 0.1) is 6.04 Å². The molecule has 0 aromatic rings. The van der Waals surface area contributed by atoms with Crippen LogP contribution in [0.1, 0.15) is 53.9 Å². The molecular formula is C15H29N3O2. The molecule has 5 heteroatoms. The van der Waals surface area contributed by atoms with E-state index in [9.17, 15) is 9.59 Å². The Morgan fingerprint density at radius 3 is 2.25 bits per heavy atom. The van der Waals surface area contributed by atoms with Gasteiger partial charge in [-0.25, -0.2) is 4.79 Å². The van der Waals surface area contributed by atoms with Crippen LogP contribution in [0.15, 0.2) is 0 Å². The fraction of sp³-hybridized carbons (Fsp3) is 0.867. The van der Waals surface area contributed by atoms with Crippen molar-refractivity contribution in [3.63, 3.8) is 0 Å². The van der Waals surface area contributed by atoms with Crippen LogP contribution >= 0.6 is 0 Å². The van der Waals surface area contributed by atoms with E-state index >= 15 is 0 Å². The van der Waals surface area contributed by atoms with E-state index in [0.717, 1.165) is 31.8 Å². The van der Waals surface area contributed by atoms with E-state index in [1.54, 1.807) is 0 Å². The van der Waals surface area contributed by atoms with E-state index in [2.05, 4.69) is 22.5 Å². The summed E-state index contributed by atoms with van der Waals surface area (Å²) < 4.78 is 0. The number of urea groups is 1. The third-order valence-corrected chi connectivity index (χ3v) is 3.88. The summed E-state index contributed by atoms with van der Waals surface area (Å²) >= 11 is 0. The van der Waals surface area contributed by atoms with Crippen molar-refractivity contribution in [3.05, 3.63) is 0 Å². The highest BCUT2D eigenvalue weighted by molar-refractivity contribution is 5.97. The van der Waals surface area contributed by atoms with E-state index in [0.29, 0.717) is 0 Å². The maximum atomic E-state index is 12.1. The van der Waals surface area contributed by atoms with Gasteiger partial charge in [0.15, 0.2) is 0 Å². The second kappa shape index (κ2) is 7.07. The van der Waals surface area contributed by atoms with Gasteiger partial charge < -0.3 is 5.32 Å². The second-order valence-corrected chi connectivity index (χ2v) is 6.76. The van der Waals surface area contributed by atoms with Crippen molar-refractivity contribution >= 4 is 11.9 Å². The molecule has 1 unspecified atom stereocenters. The molecule has 1 rings (SSSR count). The number of hydrogen-bond acceptors (Lipinski definition) is 3. The van der Waals surface area contributed by atoms with Gasteiger partial charge in [-0.15, -0.1) is 0 Å². The second-order valence-electron chi connectivity index (χ2n) is 6.76. The van der Waals surface area contributed by atoms with Crippen molar-refractivity contribution in [3.8, 4) is 0 Å². The Bertz CT molecular complexity index is 342. The molecule has 3 amide bonds. The quantitative estimate of drug-likeness (QED) is 0.834. The van der Waals surface area contributed by atoms with Crippen molar-refractivity contribution in [1.29, 1.82) is 0 Å². The molecule has 20 heavy (non-hydrogen) atoms. The van der Waals surface area contributed by atoms with E-state index in [4.69, 9.17) is 0 Å². The lowest BCUT2D eigenvalue weighted by atomic mass is 9.93. The number of hydrogen-bond donors (Lipinski definition) is 2. The lowest BCUT2D eigenvalue weighted by Crippen LogP contribution is -2.54. The Kier molecular flexibility index (Phi) is 5.99. The van der Waals surface area contributed by atoms with Gasteiger partial charge in [-0.3, -0.25) is 15.0 Å². The maximum absolute atomic E-state index is 12.1. The molecule has 1 atom stereocenters. The first-order chi connectivity index (χ1) is 9.23. The molecule has 0 saturated carbocycles. The molecule has 116 valence electrons. The molecule has 2 N–H and O–H groups in total. The molecular weight excluding hydrogens is 254 g/mol. The largest absolute Gasteiger partial charge is 0.333 e. The molecule has 0 aliphatic carbocycles. The number of amides is 3. The summed E-state index contributed by atoms with van der Waals surface area (Å²) in [4.78, 5) is 25.9.